The van der Waals surface area contributed by atoms with Crippen molar-refractivity contribution < 1.29 is 29.0 Å². The molecule has 17 heteroatoms. The van der Waals surface area contributed by atoms with Gasteiger partial charge in [0.1, 0.15) is 23.7 Å². The van der Waals surface area contributed by atoms with Gasteiger partial charge in [-0.15, -0.1) is 21.5 Å². The maximum absolute atomic E-state index is 11.7. The number of carboxylic acids is 1. The lowest BCUT2D eigenvalue weighted by atomic mass is 10.1. The number of nitrogens with two attached hydrogens (primary N) is 1. The molecule has 43 heavy (non-hydrogen) atoms. The fraction of sp³-hybridized carbons (Fsp3) is 0.385. The molecule has 0 spiro atoms. The number of anilines is 1. The molecule has 230 valence electrons. The number of aromatic amines is 1. The number of aliphatic imine (C=N–C) groups is 1. The van der Waals surface area contributed by atoms with Crippen molar-refractivity contribution >= 4 is 46.0 Å². The van der Waals surface area contributed by atoms with Crippen LogP contribution in [0, 0.1) is 0 Å². The van der Waals surface area contributed by atoms with Gasteiger partial charge in [0.15, 0.2) is 5.13 Å². The number of H-pyrrole nitrogens is 1. The summed E-state index contributed by atoms with van der Waals surface area (Å²) in [7, 11) is 1.68. The van der Waals surface area contributed by atoms with Gasteiger partial charge in [-0.2, -0.15) is 5.21 Å². The highest BCUT2D eigenvalue weighted by atomic mass is 32.1. The van der Waals surface area contributed by atoms with Crippen LogP contribution in [0.5, 0.6) is 5.75 Å². The third kappa shape index (κ3) is 11.0. The number of ether oxygens (including phenoxy) is 2. The van der Waals surface area contributed by atoms with E-state index in [1.807, 2.05) is 39.1 Å². The van der Waals surface area contributed by atoms with E-state index in [-0.39, 0.29) is 23.3 Å². The Hall–Kier alpha value is -5.06. The number of carbonyl (C=O) groups excluding carboxylic acids is 1. The zero-order chi connectivity index (χ0) is 31.2. The molecule has 0 saturated carbocycles. The van der Waals surface area contributed by atoms with E-state index >= 15 is 0 Å². The number of nitrogens with one attached hydrogen (secondary N) is 3. The minimum atomic E-state index is -1.35. The maximum atomic E-state index is 11.7. The number of benzene rings is 1. The molecule has 2 heterocycles. The summed E-state index contributed by atoms with van der Waals surface area (Å²) in [5, 5.41) is 34.5. The van der Waals surface area contributed by atoms with Gasteiger partial charge in [-0.25, -0.2) is 14.6 Å². The van der Waals surface area contributed by atoms with Crippen molar-refractivity contribution in [3.05, 3.63) is 52.9 Å². The van der Waals surface area contributed by atoms with Crippen molar-refractivity contribution in [2.24, 2.45) is 10.1 Å². The molecule has 0 fully saturated rings. The third-order valence-electron chi connectivity index (χ3n) is 5.17. The molecule has 0 aliphatic carbocycles. The summed E-state index contributed by atoms with van der Waals surface area (Å²) in [6.45, 7) is 6.42. The number of carbonyl (C=O) groups is 2. The molecule has 16 nitrogen and oxygen atoms in total. The van der Waals surface area contributed by atoms with Crippen molar-refractivity contribution in [3.63, 3.8) is 0 Å². The summed E-state index contributed by atoms with van der Waals surface area (Å²) in [5.74, 6) is -0.732. The number of thiazole rings is 1. The summed E-state index contributed by atoms with van der Waals surface area (Å²) in [4.78, 5) is 36.9. The number of nitrogen functional groups attached to an aromatic ring is 1. The van der Waals surface area contributed by atoms with Crippen LogP contribution < -0.4 is 21.1 Å². The number of aliphatic carboxylic acids is 1. The molecule has 1 unspecified atom stereocenters. The molecule has 3 aromatic rings. The lowest BCUT2D eigenvalue weighted by molar-refractivity contribution is -0.129. The first-order chi connectivity index (χ1) is 20.6. The molecular weight excluding hydrogens is 580 g/mol. The van der Waals surface area contributed by atoms with E-state index in [1.165, 1.54) is 5.38 Å². The highest BCUT2D eigenvalue weighted by Crippen LogP contribution is 2.21. The Balaban J connectivity index is 1.58. The van der Waals surface area contributed by atoms with Gasteiger partial charge in [0.2, 0.25) is 17.6 Å². The van der Waals surface area contributed by atoms with Crippen LogP contribution in [0.25, 0.3) is 5.57 Å². The Kier molecular flexibility index (Phi) is 11.9. The Labute approximate surface area is 251 Å². The second kappa shape index (κ2) is 15.8. The number of aromatic nitrogens is 5. The lowest BCUT2D eigenvalue weighted by Crippen LogP contribution is -2.33. The number of tetrazole rings is 1. The number of rotatable bonds is 15. The van der Waals surface area contributed by atoms with Crippen LogP contribution in [-0.4, -0.2) is 87.0 Å². The monoisotopic (exact) mass is 614 g/mol. The molecule has 0 bridgehead atoms. The van der Waals surface area contributed by atoms with Crippen LogP contribution in [-0.2, 0) is 14.4 Å². The number of allylic oxidation sites excluding steroid dienone is 1. The zero-order valence-corrected chi connectivity index (χ0v) is 24.9. The first kappa shape index (κ1) is 32.5. The van der Waals surface area contributed by atoms with E-state index in [1.54, 1.807) is 25.4 Å². The molecule has 0 saturated heterocycles. The predicted octanol–water partition coefficient (Wildman–Crippen LogP) is 2.41. The molecule has 3 rings (SSSR count). The second-order valence-electron chi connectivity index (χ2n) is 9.74. The lowest BCUT2D eigenvalue weighted by Gasteiger charge is -2.19. The minimum absolute atomic E-state index is 0.0600. The van der Waals surface area contributed by atoms with Crippen molar-refractivity contribution in [1.29, 1.82) is 0 Å². The Morgan fingerprint density at radius 1 is 1.23 bits per heavy atom. The molecule has 0 radical (unpaired) electrons. The number of alkyl carbamates (subject to hydrolysis) is 1. The molecule has 1 aromatic carbocycles. The topological polar surface area (TPSA) is 224 Å². The quantitative estimate of drug-likeness (QED) is 0.0945. The van der Waals surface area contributed by atoms with Crippen LogP contribution in [0.15, 0.2) is 46.0 Å². The van der Waals surface area contributed by atoms with E-state index in [9.17, 15) is 14.7 Å². The van der Waals surface area contributed by atoms with Crippen molar-refractivity contribution in [3.8, 4) is 5.75 Å². The summed E-state index contributed by atoms with van der Waals surface area (Å²) in [6.07, 6.45) is 2.82. The average molecular weight is 615 g/mol. The number of oxime groups is 1. The molecule has 2 aromatic heterocycles. The Morgan fingerprint density at radius 3 is 2.60 bits per heavy atom. The number of hydrogen-bond acceptors (Lipinski definition) is 14. The van der Waals surface area contributed by atoms with Gasteiger partial charge >= 0.3 is 12.1 Å². The first-order valence-corrected chi connectivity index (χ1v) is 13.9. The first-order valence-electron chi connectivity index (χ1n) is 13.0. The molecule has 6 N–H and O–H groups in total. The largest absolute Gasteiger partial charge is 0.489 e. The fourth-order valence-electron chi connectivity index (χ4n) is 3.29. The van der Waals surface area contributed by atoms with Crippen LogP contribution >= 0.6 is 11.3 Å². The Morgan fingerprint density at radius 2 is 2.00 bits per heavy atom. The molecule has 1 atom stereocenters. The second-order valence-corrected chi connectivity index (χ2v) is 10.6. The van der Waals surface area contributed by atoms with E-state index in [4.69, 9.17) is 20.0 Å². The molecule has 0 aliphatic rings. The smallest absolute Gasteiger partial charge is 0.407 e. The van der Waals surface area contributed by atoms with E-state index in [2.05, 4.69) is 46.4 Å². The summed E-state index contributed by atoms with van der Waals surface area (Å²) in [5.41, 5.74) is 6.41. The normalized spacial score (nSPS) is 13.0. The average Bonchev–Trinajstić information content (AvgIpc) is 3.63. The summed E-state index contributed by atoms with van der Waals surface area (Å²) >= 11 is 1.07. The van der Waals surface area contributed by atoms with Crippen LogP contribution in [0.2, 0.25) is 0 Å². The van der Waals surface area contributed by atoms with Crippen LogP contribution in [0.3, 0.4) is 0 Å². The van der Waals surface area contributed by atoms with Crippen molar-refractivity contribution in [1.82, 2.24) is 36.2 Å². The number of hydrogen-bond donors (Lipinski definition) is 5. The minimum Gasteiger partial charge on any atom is -0.489 e. The maximum Gasteiger partial charge on any atom is 0.407 e. The summed E-state index contributed by atoms with van der Waals surface area (Å²) < 4.78 is 11.1. The summed E-state index contributed by atoms with van der Waals surface area (Å²) in [6, 6.07) is 7.22. The van der Waals surface area contributed by atoms with E-state index in [0.29, 0.717) is 25.3 Å². The number of nitrogens with zero attached hydrogens (tertiary/aromatic N) is 6. The van der Waals surface area contributed by atoms with Crippen LogP contribution in [0.1, 0.15) is 50.4 Å². The van der Waals surface area contributed by atoms with E-state index < -0.39 is 29.5 Å². The van der Waals surface area contributed by atoms with Gasteiger partial charge in [0, 0.05) is 43.5 Å². The highest BCUT2D eigenvalue weighted by molar-refractivity contribution is 7.13. The van der Waals surface area contributed by atoms with E-state index in [0.717, 1.165) is 22.5 Å². The zero-order valence-electron chi connectivity index (χ0n) is 24.1. The Bertz CT molecular complexity index is 1410. The van der Waals surface area contributed by atoms with Crippen molar-refractivity contribution in [2.45, 2.75) is 38.9 Å². The van der Waals surface area contributed by atoms with Crippen LogP contribution in [0.4, 0.5) is 9.93 Å². The highest BCUT2D eigenvalue weighted by Gasteiger charge is 2.23. The van der Waals surface area contributed by atoms with Gasteiger partial charge in [0.05, 0.1) is 0 Å². The SMILES string of the molecule is CN=C/C(=C\NCCCNC(=O)OC(C)(C)C)c1ccc(OCC(O/N=C(\C(=O)O)c2csc(N)n2)c2nn[nH]n2)cc1. The molecule has 1 amide bonds. The van der Waals surface area contributed by atoms with Gasteiger partial charge < -0.3 is 35.8 Å². The molecular formula is C26H34N10O6S. The molecule has 0 aliphatic heterocycles. The van der Waals surface area contributed by atoms with Crippen molar-refractivity contribution in [2.75, 3.05) is 32.5 Å². The van der Waals surface area contributed by atoms with Gasteiger partial charge in [-0.1, -0.05) is 22.5 Å². The predicted molar refractivity (Wildman–Crippen MR) is 160 cm³/mol. The van der Waals surface area contributed by atoms with Gasteiger partial charge in [0.25, 0.3) is 0 Å². The van der Waals surface area contributed by atoms with Gasteiger partial charge in [-0.05, 0) is 44.9 Å². The number of amides is 1. The van der Waals surface area contributed by atoms with Gasteiger partial charge in [-0.3, -0.25) is 4.99 Å². The third-order valence-corrected chi connectivity index (χ3v) is 5.84. The number of carboxylic acid groups (broad SMARTS) is 1. The fourth-order valence-corrected chi connectivity index (χ4v) is 3.84. The standard InChI is InChI=1S/C26H34N10O6S/c1-26(2,3)41-25(39)30-11-5-10-29-13-17(12-28-4)16-6-8-18(9-7-16)40-14-20(22-32-35-36-33-22)42-34-21(23(37)38)19-15-43-24(27)31-19/h6-9,12-13,15,20,29H,5,10-11,14H2,1-4H3,(H2,27,31)(H,30,39)(H,37,38)(H,32,33,35,36)/b17-13+,28-12?,34-21-.